The highest BCUT2D eigenvalue weighted by molar-refractivity contribution is 5.34. The van der Waals surface area contributed by atoms with Crippen LogP contribution in [0.3, 0.4) is 0 Å². The Balaban J connectivity index is 2.15. The minimum atomic E-state index is 0.628. The summed E-state index contributed by atoms with van der Waals surface area (Å²) >= 11 is 0. The van der Waals surface area contributed by atoms with Gasteiger partial charge in [0.15, 0.2) is 0 Å². The van der Waals surface area contributed by atoms with Crippen LogP contribution in [0.1, 0.15) is 12.5 Å². The number of aromatic nitrogens is 1. The first kappa shape index (κ1) is 11.7. The summed E-state index contributed by atoms with van der Waals surface area (Å²) in [6.07, 6.45) is 1.84. The molecule has 0 aliphatic rings. The van der Waals surface area contributed by atoms with E-state index in [0.717, 1.165) is 17.9 Å². The summed E-state index contributed by atoms with van der Waals surface area (Å²) in [5.41, 5.74) is 2.21. The molecule has 1 aromatic rings. The standard InChI is InChI=1S/C12H18N2O/c1-10(2)9-15-7-6-13-12-5-4-11(3)8-14-12/h4-5,8H,1,6-7,9H2,2-3H3,(H,13,14). The van der Waals surface area contributed by atoms with E-state index < -0.39 is 0 Å². The fourth-order valence-electron chi connectivity index (χ4n) is 1.07. The summed E-state index contributed by atoms with van der Waals surface area (Å²) in [7, 11) is 0. The average Bonchev–Trinajstić information content (AvgIpc) is 2.20. The third-order valence-electron chi connectivity index (χ3n) is 1.81. The molecule has 0 aliphatic heterocycles. The van der Waals surface area contributed by atoms with E-state index >= 15 is 0 Å². The van der Waals surface area contributed by atoms with Crippen LogP contribution in [-0.2, 0) is 4.74 Å². The summed E-state index contributed by atoms with van der Waals surface area (Å²) in [4.78, 5) is 4.23. The highest BCUT2D eigenvalue weighted by Crippen LogP contribution is 2.02. The van der Waals surface area contributed by atoms with Crippen LogP contribution in [0, 0.1) is 6.92 Å². The van der Waals surface area contributed by atoms with Gasteiger partial charge in [0.1, 0.15) is 5.82 Å². The van der Waals surface area contributed by atoms with Crippen molar-refractivity contribution in [3.8, 4) is 0 Å². The SMILES string of the molecule is C=C(C)COCCNc1ccc(C)cn1. The van der Waals surface area contributed by atoms with E-state index in [1.807, 2.05) is 32.2 Å². The molecule has 82 valence electrons. The van der Waals surface area contributed by atoms with Crippen molar-refractivity contribution in [2.45, 2.75) is 13.8 Å². The second kappa shape index (κ2) is 6.19. The first-order chi connectivity index (χ1) is 7.18. The molecule has 1 aromatic heterocycles. The molecule has 0 fully saturated rings. The molecule has 0 saturated carbocycles. The predicted octanol–water partition coefficient (Wildman–Crippen LogP) is 2.39. The predicted molar refractivity (Wildman–Crippen MR) is 63.1 cm³/mol. The smallest absolute Gasteiger partial charge is 0.125 e. The summed E-state index contributed by atoms with van der Waals surface area (Å²) in [6, 6.07) is 4.00. The number of rotatable bonds is 6. The first-order valence-corrected chi connectivity index (χ1v) is 5.07. The largest absolute Gasteiger partial charge is 0.375 e. The van der Waals surface area contributed by atoms with Crippen LogP contribution in [0.25, 0.3) is 0 Å². The van der Waals surface area contributed by atoms with Gasteiger partial charge in [-0.25, -0.2) is 4.98 Å². The molecule has 1 heterocycles. The van der Waals surface area contributed by atoms with Gasteiger partial charge in [0.2, 0.25) is 0 Å². The van der Waals surface area contributed by atoms with E-state index in [0.29, 0.717) is 13.2 Å². The fourth-order valence-corrected chi connectivity index (χ4v) is 1.07. The summed E-state index contributed by atoms with van der Waals surface area (Å²) < 4.78 is 5.35. The second-order valence-corrected chi connectivity index (χ2v) is 3.66. The molecule has 0 amide bonds. The highest BCUT2D eigenvalue weighted by Gasteiger charge is 1.92. The van der Waals surface area contributed by atoms with Crippen molar-refractivity contribution in [1.82, 2.24) is 4.98 Å². The third kappa shape index (κ3) is 5.18. The number of anilines is 1. The lowest BCUT2D eigenvalue weighted by atomic mass is 10.3. The van der Waals surface area contributed by atoms with Crippen LogP contribution in [0.2, 0.25) is 0 Å². The van der Waals surface area contributed by atoms with E-state index in [9.17, 15) is 0 Å². The Kier molecular flexibility index (Phi) is 4.84. The van der Waals surface area contributed by atoms with Crippen molar-refractivity contribution < 1.29 is 4.74 Å². The zero-order valence-corrected chi connectivity index (χ0v) is 9.42. The minimum absolute atomic E-state index is 0.628. The minimum Gasteiger partial charge on any atom is -0.375 e. The zero-order valence-electron chi connectivity index (χ0n) is 9.42. The van der Waals surface area contributed by atoms with Crippen LogP contribution in [0.5, 0.6) is 0 Å². The molecule has 0 radical (unpaired) electrons. The van der Waals surface area contributed by atoms with Gasteiger partial charge in [-0.05, 0) is 25.5 Å². The molecular weight excluding hydrogens is 188 g/mol. The Bertz CT molecular complexity index is 306. The lowest BCUT2D eigenvalue weighted by molar-refractivity contribution is 0.167. The molecule has 1 N–H and O–H groups in total. The van der Waals surface area contributed by atoms with Crippen LogP contribution >= 0.6 is 0 Å². The Morgan fingerprint density at radius 3 is 2.93 bits per heavy atom. The number of hydrogen-bond donors (Lipinski definition) is 1. The molecule has 0 bridgehead atoms. The molecule has 0 atom stereocenters. The molecule has 0 unspecified atom stereocenters. The van der Waals surface area contributed by atoms with Gasteiger partial charge >= 0.3 is 0 Å². The number of hydrogen-bond acceptors (Lipinski definition) is 3. The molecule has 0 spiro atoms. The number of pyridine rings is 1. The first-order valence-electron chi connectivity index (χ1n) is 5.07. The van der Waals surface area contributed by atoms with Gasteiger partial charge < -0.3 is 10.1 Å². The van der Waals surface area contributed by atoms with E-state index in [-0.39, 0.29) is 0 Å². The van der Waals surface area contributed by atoms with Gasteiger partial charge in [0.25, 0.3) is 0 Å². The zero-order chi connectivity index (χ0) is 11.1. The second-order valence-electron chi connectivity index (χ2n) is 3.66. The Labute approximate surface area is 91.2 Å². The lowest BCUT2D eigenvalue weighted by Gasteiger charge is -2.06. The maximum Gasteiger partial charge on any atom is 0.125 e. The van der Waals surface area contributed by atoms with Crippen LogP contribution in [-0.4, -0.2) is 24.7 Å². The normalized spacial score (nSPS) is 10.0. The third-order valence-corrected chi connectivity index (χ3v) is 1.81. The summed E-state index contributed by atoms with van der Waals surface area (Å²) in [6.45, 7) is 9.80. The van der Waals surface area contributed by atoms with Crippen molar-refractivity contribution in [3.05, 3.63) is 36.0 Å². The number of nitrogens with zero attached hydrogens (tertiary/aromatic N) is 1. The Morgan fingerprint density at radius 2 is 2.33 bits per heavy atom. The van der Waals surface area contributed by atoms with Crippen molar-refractivity contribution >= 4 is 5.82 Å². The van der Waals surface area contributed by atoms with Crippen molar-refractivity contribution in [1.29, 1.82) is 0 Å². The molecule has 3 heteroatoms. The van der Waals surface area contributed by atoms with Gasteiger partial charge in [0.05, 0.1) is 13.2 Å². The highest BCUT2D eigenvalue weighted by atomic mass is 16.5. The van der Waals surface area contributed by atoms with Gasteiger partial charge in [-0.3, -0.25) is 0 Å². The number of ether oxygens (including phenoxy) is 1. The maximum atomic E-state index is 5.35. The van der Waals surface area contributed by atoms with Gasteiger partial charge in [-0.15, -0.1) is 0 Å². The molecule has 15 heavy (non-hydrogen) atoms. The summed E-state index contributed by atoms with van der Waals surface area (Å²) in [5, 5.41) is 3.18. The number of aryl methyl sites for hydroxylation is 1. The molecular formula is C12H18N2O. The van der Waals surface area contributed by atoms with E-state index in [4.69, 9.17) is 4.74 Å². The van der Waals surface area contributed by atoms with Crippen molar-refractivity contribution in [3.63, 3.8) is 0 Å². The van der Waals surface area contributed by atoms with Gasteiger partial charge in [-0.2, -0.15) is 0 Å². The van der Waals surface area contributed by atoms with E-state index in [1.165, 1.54) is 5.56 Å². The van der Waals surface area contributed by atoms with Gasteiger partial charge in [-0.1, -0.05) is 18.2 Å². The topological polar surface area (TPSA) is 34.1 Å². The van der Waals surface area contributed by atoms with Gasteiger partial charge in [0, 0.05) is 12.7 Å². The molecule has 0 saturated heterocycles. The fraction of sp³-hybridized carbons (Fsp3) is 0.417. The number of nitrogens with one attached hydrogen (secondary N) is 1. The monoisotopic (exact) mass is 206 g/mol. The van der Waals surface area contributed by atoms with Crippen molar-refractivity contribution in [2.24, 2.45) is 0 Å². The maximum absolute atomic E-state index is 5.35. The van der Waals surface area contributed by atoms with E-state index in [1.54, 1.807) is 0 Å². The Morgan fingerprint density at radius 1 is 1.53 bits per heavy atom. The molecule has 0 aromatic carbocycles. The van der Waals surface area contributed by atoms with Crippen LogP contribution in [0.4, 0.5) is 5.82 Å². The molecule has 0 aliphatic carbocycles. The summed E-state index contributed by atoms with van der Waals surface area (Å²) in [5.74, 6) is 0.888. The lowest BCUT2D eigenvalue weighted by Crippen LogP contribution is -2.11. The Hall–Kier alpha value is -1.35. The van der Waals surface area contributed by atoms with Crippen LogP contribution in [0.15, 0.2) is 30.5 Å². The average molecular weight is 206 g/mol. The van der Waals surface area contributed by atoms with Crippen molar-refractivity contribution in [2.75, 3.05) is 25.1 Å². The van der Waals surface area contributed by atoms with Crippen LogP contribution < -0.4 is 5.32 Å². The quantitative estimate of drug-likeness (QED) is 0.573. The molecule has 1 rings (SSSR count). The molecule has 3 nitrogen and oxygen atoms in total. The van der Waals surface area contributed by atoms with E-state index in [2.05, 4.69) is 16.9 Å².